The van der Waals surface area contributed by atoms with Crippen molar-refractivity contribution in [2.75, 3.05) is 24.6 Å². The highest BCUT2D eigenvalue weighted by molar-refractivity contribution is 5.76. The topological polar surface area (TPSA) is 55.6 Å². The average Bonchev–Trinajstić information content (AvgIpc) is 2.95. The molecule has 1 saturated heterocycles. The van der Waals surface area contributed by atoms with Crippen molar-refractivity contribution in [2.45, 2.75) is 39.2 Å². The van der Waals surface area contributed by atoms with Gasteiger partial charge in [-0.15, -0.1) is 0 Å². The molecule has 1 aliphatic heterocycles. The summed E-state index contributed by atoms with van der Waals surface area (Å²) < 4.78 is 4.95. The van der Waals surface area contributed by atoms with Gasteiger partial charge >= 0.3 is 5.97 Å². The van der Waals surface area contributed by atoms with Gasteiger partial charge in [0.15, 0.2) is 0 Å². The smallest absolute Gasteiger partial charge is 0.323 e. The Labute approximate surface area is 120 Å². The predicted molar refractivity (Wildman–Crippen MR) is 80.9 cm³/mol. The fourth-order valence-electron chi connectivity index (χ4n) is 2.65. The molecule has 1 aromatic rings. The van der Waals surface area contributed by atoms with Crippen LogP contribution >= 0.6 is 0 Å². The van der Waals surface area contributed by atoms with Crippen LogP contribution in [0.4, 0.5) is 5.69 Å². The van der Waals surface area contributed by atoms with Gasteiger partial charge in [0.2, 0.25) is 0 Å². The van der Waals surface area contributed by atoms with E-state index in [9.17, 15) is 4.79 Å². The molecular weight excluding hydrogens is 252 g/mol. The van der Waals surface area contributed by atoms with Gasteiger partial charge in [-0.25, -0.2) is 0 Å². The van der Waals surface area contributed by atoms with Gasteiger partial charge < -0.3 is 15.4 Å². The first-order valence-corrected chi connectivity index (χ1v) is 7.38. The summed E-state index contributed by atoms with van der Waals surface area (Å²) in [7, 11) is 0. The second kappa shape index (κ2) is 6.75. The van der Waals surface area contributed by atoms with Crippen LogP contribution in [0.15, 0.2) is 18.2 Å². The summed E-state index contributed by atoms with van der Waals surface area (Å²) in [5.41, 5.74) is 9.46. The number of hydrogen-bond acceptors (Lipinski definition) is 4. The van der Waals surface area contributed by atoms with E-state index in [1.165, 1.54) is 24.1 Å². The fourth-order valence-corrected chi connectivity index (χ4v) is 2.65. The first-order chi connectivity index (χ1) is 9.61. The number of rotatable bonds is 5. The van der Waals surface area contributed by atoms with Crippen LogP contribution in [-0.4, -0.2) is 31.7 Å². The Morgan fingerprint density at radius 3 is 2.70 bits per heavy atom. The number of anilines is 1. The van der Waals surface area contributed by atoms with Crippen molar-refractivity contribution in [3.05, 3.63) is 29.3 Å². The van der Waals surface area contributed by atoms with Gasteiger partial charge in [-0.2, -0.15) is 0 Å². The molecule has 1 aliphatic rings. The highest BCUT2D eigenvalue weighted by Gasteiger charge is 2.17. The molecule has 110 valence electrons. The molecule has 1 aromatic carbocycles. The number of nitrogens with two attached hydrogens (primary N) is 1. The van der Waals surface area contributed by atoms with E-state index < -0.39 is 6.04 Å². The lowest BCUT2D eigenvalue weighted by molar-refractivity contribution is -0.144. The summed E-state index contributed by atoms with van der Waals surface area (Å²) in [4.78, 5) is 14.0. The molecule has 0 aliphatic carbocycles. The van der Waals surface area contributed by atoms with Crippen LogP contribution in [0.3, 0.4) is 0 Å². The maximum atomic E-state index is 11.6. The molecule has 0 spiro atoms. The van der Waals surface area contributed by atoms with Crippen LogP contribution in [-0.2, 0) is 16.0 Å². The second-order valence-electron chi connectivity index (χ2n) is 5.37. The quantitative estimate of drug-likeness (QED) is 0.836. The molecule has 1 heterocycles. The van der Waals surface area contributed by atoms with Crippen molar-refractivity contribution in [2.24, 2.45) is 5.73 Å². The van der Waals surface area contributed by atoms with E-state index in [0.29, 0.717) is 13.0 Å². The zero-order valence-electron chi connectivity index (χ0n) is 12.4. The van der Waals surface area contributed by atoms with Gasteiger partial charge in [-0.1, -0.05) is 6.07 Å². The van der Waals surface area contributed by atoms with Crippen molar-refractivity contribution in [3.8, 4) is 0 Å². The minimum atomic E-state index is -0.578. The first-order valence-electron chi connectivity index (χ1n) is 7.38. The third-order valence-electron chi connectivity index (χ3n) is 3.83. The molecule has 0 radical (unpaired) electrons. The van der Waals surface area contributed by atoms with Crippen molar-refractivity contribution < 1.29 is 9.53 Å². The van der Waals surface area contributed by atoms with Crippen LogP contribution in [0.1, 0.15) is 30.9 Å². The van der Waals surface area contributed by atoms with Crippen LogP contribution in [0, 0.1) is 6.92 Å². The Bertz CT molecular complexity index is 468. The molecule has 4 nitrogen and oxygen atoms in total. The standard InChI is InChI=1S/C16H24N2O2/c1-3-20-16(19)15(17)11-13-6-7-14(10-12(13)2)18-8-4-5-9-18/h6-7,10,15H,3-5,8-9,11,17H2,1-2H3. The Hall–Kier alpha value is -1.55. The minimum Gasteiger partial charge on any atom is -0.465 e. The number of esters is 1. The van der Waals surface area contributed by atoms with Crippen molar-refractivity contribution in [1.82, 2.24) is 0 Å². The van der Waals surface area contributed by atoms with Crippen molar-refractivity contribution in [1.29, 1.82) is 0 Å². The Morgan fingerprint density at radius 2 is 2.10 bits per heavy atom. The Kier molecular flexibility index (Phi) is 5.01. The predicted octanol–water partition coefficient (Wildman–Crippen LogP) is 2.03. The highest BCUT2D eigenvalue weighted by atomic mass is 16.5. The van der Waals surface area contributed by atoms with Crippen molar-refractivity contribution in [3.63, 3.8) is 0 Å². The summed E-state index contributed by atoms with van der Waals surface area (Å²) in [6.45, 7) is 6.52. The number of hydrogen-bond donors (Lipinski definition) is 1. The lowest BCUT2D eigenvalue weighted by Gasteiger charge is -2.20. The molecule has 1 fully saturated rings. The van der Waals surface area contributed by atoms with Crippen LogP contribution in [0.25, 0.3) is 0 Å². The van der Waals surface area contributed by atoms with Gasteiger partial charge in [-0.05, 0) is 56.4 Å². The molecule has 4 heteroatoms. The number of benzene rings is 1. The largest absolute Gasteiger partial charge is 0.465 e. The minimum absolute atomic E-state index is 0.324. The first kappa shape index (κ1) is 14.9. The van der Waals surface area contributed by atoms with Crippen molar-refractivity contribution >= 4 is 11.7 Å². The summed E-state index contributed by atoms with van der Waals surface area (Å²) in [6, 6.07) is 5.83. The zero-order valence-corrected chi connectivity index (χ0v) is 12.4. The monoisotopic (exact) mass is 276 g/mol. The SMILES string of the molecule is CCOC(=O)C(N)Cc1ccc(N2CCCC2)cc1C. The summed E-state index contributed by atoms with van der Waals surface area (Å²) in [5.74, 6) is -0.324. The maximum Gasteiger partial charge on any atom is 0.323 e. The molecule has 0 saturated carbocycles. The lowest BCUT2D eigenvalue weighted by Crippen LogP contribution is -2.34. The molecule has 0 aromatic heterocycles. The van der Waals surface area contributed by atoms with E-state index in [4.69, 9.17) is 10.5 Å². The third-order valence-corrected chi connectivity index (χ3v) is 3.83. The fraction of sp³-hybridized carbons (Fsp3) is 0.562. The average molecular weight is 276 g/mol. The van der Waals surface area contributed by atoms with Gasteiger partial charge in [0.05, 0.1) is 6.61 Å². The molecular formula is C16H24N2O2. The number of nitrogens with zero attached hydrogens (tertiary/aromatic N) is 1. The molecule has 2 rings (SSSR count). The van der Waals surface area contributed by atoms with Crippen LogP contribution in [0.5, 0.6) is 0 Å². The van der Waals surface area contributed by atoms with E-state index in [1.54, 1.807) is 6.92 Å². The van der Waals surface area contributed by atoms with E-state index in [2.05, 4.69) is 30.0 Å². The Morgan fingerprint density at radius 1 is 1.40 bits per heavy atom. The normalized spacial score (nSPS) is 16.2. The second-order valence-corrected chi connectivity index (χ2v) is 5.37. The molecule has 0 bridgehead atoms. The van der Waals surface area contributed by atoms with E-state index in [-0.39, 0.29) is 5.97 Å². The van der Waals surface area contributed by atoms with Gasteiger partial charge in [0, 0.05) is 18.8 Å². The maximum absolute atomic E-state index is 11.6. The van der Waals surface area contributed by atoms with Gasteiger partial charge in [0.1, 0.15) is 6.04 Å². The molecule has 0 amide bonds. The van der Waals surface area contributed by atoms with Crippen LogP contribution in [0.2, 0.25) is 0 Å². The number of carbonyl (C=O) groups excluding carboxylic acids is 1. The van der Waals surface area contributed by atoms with E-state index in [0.717, 1.165) is 18.7 Å². The Balaban J connectivity index is 2.03. The molecule has 1 atom stereocenters. The summed E-state index contributed by atoms with van der Waals surface area (Å²) in [5, 5.41) is 0. The number of aryl methyl sites for hydroxylation is 1. The summed E-state index contributed by atoms with van der Waals surface area (Å²) >= 11 is 0. The number of ether oxygens (including phenoxy) is 1. The molecule has 20 heavy (non-hydrogen) atoms. The third kappa shape index (κ3) is 3.51. The van der Waals surface area contributed by atoms with Crippen LogP contribution < -0.4 is 10.6 Å². The van der Waals surface area contributed by atoms with Gasteiger partial charge in [0.25, 0.3) is 0 Å². The zero-order chi connectivity index (χ0) is 14.5. The molecule has 1 unspecified atom stereocenters. The van der Waals surface area contributed by atoms with E-state index in [1.807, 2.05) is 0 Å². The summed E-state index contributed by atoms with van der Waals surface area (Å²) in [6.07, 6.45) is 3.08. The van der Waals surface area contributed by atoms with E-state index >= 15 is 0 Å². The lowest BCUT2D eigenvalue weighted by atomic mass is 10.0. The van der Waals surface area contributed by atoms with Gasteiger partial charge in [-0.3, -0.25) is 4.79 Å². The highest BCUT2D eigenvalue weighted by Crippen LogP contribution is 2.23. The number of carbonyl (C=O) groups is 1. The molecule has 2 N–H and O–H groups in total.